The zero-order chi connectivity index (χ0) is 23.5. The highest BCUT2D eigenvalue weighted by Crippen LogP contribution is 2.38. The van der Waals surface area contributed by atoms with Gasteiger partial charge in [-0.05, 0) is 49.4 Å². The Labute approximate surface area is 190 Å². The number of primary amides is 1. The fourth-order valence-electron chi connectivity index (χ4n) is 4.14. The Morgan fingerprint density at radius 2 is 1.84 bits per heavy atom. The molecular formula is C22H28ClF2N5O2. The summed E-state index contributed by atoms with van der Waals surface area (Å²) in [7, 11) is 0. The zero-order valence-corrected chi connectivity index (χ0v) is 18.5. The number of hydrogen-bond acceptors (Lipinski definition) is 4. The Morgan fingerprint density at radius 3 is 2.41 bits per heavy atom. The molecule has 0 radical (unpaired) electrons. The van der Waals surface area contributed by atoms with E-state index in [4.69, 9.17) is 23.1 Å². The summed E-state index contributed by atoms with van der Waals surface area (Å²) in [6.45, 7) is 2.00. The first-order chi connectivity index (χ1) is 15.0. The minimum Gasteiger partial charge on any atom is -0.387 e. The minimum atomic E-state index is -2.66. The molecule has 0 aromatic heterocycles. The van der Waals surface area contributed by atoms with Crippen molar-refractivity contribution in [3.63, 3.8) is 0 Å². The average Bonchev–Trinajstić information content (AvgIpc) is 2.69. The molecule has 0 bridgehead atoms. The van der Waals surface area contributed by atoms with Crippen molar-refractivity contribution in [3.8, 4) is 0 Å². The van der Waals surface area contributed by atoms with E-state index in [-0.39, 0.29) is 48.0 Å². The van der Waals surface area contributed by atoms with Crippen molar-refractivity contribution in [2.45, 2.75) is 57.0 Å². The van der Waals surface area contributed by atoms with Crippen molar-refractivity contribution in [2.75, 3.05) is 0 Å². The number of alkyl halides is 2. The summed E-state index contributed by atoms with van der Waals surface area (Å²) in [6, 6.07) is 6.22. The topological polar surface area (TPSA) is 123 Å². The van der Waals surface area contributed by atoms with Gasteiger partial charge in [0.2, 0.25) is 5.91 Å². The predicted octanol–water partition coefficient (Wildman–Crippen LogP) is 3.01. The monoisotopic (exact) mass is 467 g/mol. The quantitative estimate of drug-likeness (QED) is 0.279. The molecule has 1 aromatic rings. The van der Waals surface area contributed by atoms with Gasteiger partial charge in [-0.3, -0.25) is 9.59 Å². The third-order valence-electron chi connectivity index (χ3n) is 6.04. The van der Waals surface area contributed by atoms with E-state index in [1.54, 1.807) is 24.3 Å². The number of nitrogens with two attached hydrogens (primary N) is 2. The van der Waals surface area contributed by atoms with Crippen LogP contribution >= 0.6 is 11.6 Å². The van der Waals surface area contributed by atoms with Crippen molar-refractivity contribution in [1.82, 2.24) is 10.6 Å². The highest BCUT2D eigenvalue weighted by molar-refractivity contribution is 6.30. The van der Waals surface area contributed by atoms with Gasteiger partial charge in [0.25, 0.3) is 11.8 Å². The second-order valence-electron chi connectivity index (χ2n) is 8.63. The summed E-state index contributed by atoms with van der Waals surface area (Å²) in [5.74, 6) is -3.66. The molecule has 0 saturated heterocycles. The normalized spacial score (nSPS) is 26.2. The van der Waals surface area contributed by atoms with Gasteiger partial charge in [0.05, 0.1) is 11.3 Å². The van der Waals surface area contributed by atoms with Crippen LogP contribution in [0.2, 0.25) is 5.02 Å². The lowest BCUT2D eigenvalue weighted by molar-refractivity contribution is -0.134. The molecule has 6 N–H and O–H groups in total. The first-order valence-corrected chi connectivity index (χ1v) is 11.0. The van der Waals surface area contributed by atoms with Gasteiger partial charge in [0.1, 0.15) is 5.84 Å². The summed E-state index contributed by atoms with van der Waals surface area (Å²) in [5.41, 5.74) is 12.0. The maximum Gasteiger partial charge on any atom is 0.253 e. The van der Waals surface area contributed by atoms with Crippen LogP contribution in [0.1, 0.15) is 39.0 Å². The van der Waals surface area contributed by atoms with Crippen LogP contribution in [0, 0.1) is 11.8 Å². The molecule has 0 spiro atoms. The number of hydrogen-bond donors (Lipinski definition) is 4. The van der Waals surface area contributed by atoms with Crippen molar-refractivity contribution in [2.24, 2.45) is 28.3 Å². The Morgan fingerprint density at radius 1 is 1.19 bits per heavy atom. The number of carbonyl (C=O) groups is 2. The van der Waals surface area contributed by atoms with Crippen molar-refractivity contribution in [3.05, 3.63) is 41.1 Å². The molecule has 3 rings (SSSR count). The van der Waals surface area contributed by atoms with Crippen molar-refractivity contribution < 1.29 is 18.4 Å². The van der Waals surface area contributed by atoms with E-state index in [0.29, 0.717) is 30.0 Å². The van der Waals surface area contributed by atoms with E-state index in [1.165, 1.54) is 6.20 Å². The predicted molar refractivity (Wildman–Crippen MR) is 120 cm³/mol. The summed E-state index contributed by atoms with van der Waals surface area (Å²) in [4.78, 5) is 28.5. The number of amides is 2. The average molecular weight is 468 g/mol. The van der Waals surface area contributed by atoms with Gasteiger partial charge in [-0.15, -0.1) is 0 Å². The van der Waals surface area contributed by atoms with Gasteiger partial charge < -0.3 is 22.1 Å². The number of nitrogens with one attached hydrogen (secondary N) is 2. The fraction of sp³-hybridized carbons (Fsp3) is 0.500. The number of benzene rings is 1. The number of halogens is 3. The fourth-order valence-corrected chi connectivity index (χ4v) is 4.27. The smallest absolute Gasteiger partial charge is 0.253 e. The molecule has 2 amide bonds. The molecule has 7 nitrogen and oxygen atoms in total. The maximum atomic E-state index is 13.0. The summed E-state index contributed by atoms with van der Waals surface area (Å²) in [6.07, 6.45) is 2.80. The molecule has 2 aliphatic rings. The van der Waals surface area contributed by atoms with E-state index in [9.17, 15) is 18.4 Å². The van der Waals surface area contributed by atoms with Gasteiger partial charge in [0.15, 0.2) is 0 Å². The highest BCUT2D eigenvalue weighted by atomic mass is 35.5. The number of carbonyl (C=O) groups excluding carboxylic acids is 2. The molecule has 1 aromatic carbocycles. The van der Waals surface area contributed by atoms with Crippen molar-refractivity contribution in [1.29, 1.82) is 0 Å². The van der Waals surface area contributed by atoms with Crippen LogP contribution in [0.25, 0.3) is 0 Å². The van der Waals surface area contributed by atoms with Gasteiger partial charge >= 0.3 is 0 Å². The molecule has 32 heavy (non-hydrogen) atoms. The maximum absolute atomic E-state index is 13.0. The number of aliphatic imine (C=N–C) groups is 1. The molecule has 10 heteroatoms. The Hall–Kier alpha value is -2.68. The molecule has 0 aliphatic heterocycles. The molecule has 174 valence electrons. The minimum absolute atomic E-state index is 0.00441. The van der Waals surface area contributed by atoms with E-state index in [1.807, 2.05) is 6.92 Å². The van der Waals surface area contributed by atoms with Crippen LogP contribution in [0.5, 0.6) is 0 Å². The van der Waals surface area contributed by atoms with Crippen LogP contribution in [0.4, 0.5) is 14.5 Å². The molecule has 0 unspecified atom stereocenters. The van der Waals surface area contributed by atoms with E-state index < -0.39 is 17.9 Å². The molecular weight excluding hydrogens is 440 g/mol. The first-order valence-electron chi connectivity index (χ1n) is 10.6. The van der Waals surface area contributed by atoms with Gasteiger partial charge in [-0.2, -0.15) is 0 Å². The summed E-state index contributed by atoms with van der Waals surface area (Å²) in [5, 5.41) is 6.47. The number of amidine groups is 1. The lowest BCUT2D eigenvalue weighted by Gasteiger charge is -2.38. The summed E-state index contributed by atoms with van der Waals surface area (Å²) >= 11 is 5.86. The second-order valence-corrected chi connectivity index (χ2v) is 9.06. The molecule has 0 heterocycles. The van der Waals surface area contributed by atoms with Crippen LogP contribution < -0.4 is 22.1 Å². The van der Waals surface area contributed by atoms with Gasteiger partial charge in [0, 0.05) is 42.1 Å². The first kappa shape index (κ1) is 24.0. The van der Waals surface area contributed by atoms with Crippen LogP contribution in [0.3, 0.4) is 0 Å². The molecule has 3 atom stereocenters. The van der Waals surface area contributed by atoms with Gasteiger partial charge in [-0.1, -0.05) is 18.5 Å². The SMILES string of the molecule is C[C@H]1C[C@@H](C(=O)NC2CC(F)(F)C2)CC[C@@H]1N/C=C(/C(N)=O)C(N)=Nc1ccc(Cl)cc1. The standard InChI is InChI=1S/C22H28ClF2N5O2/c1-12-8-13(21(32)30-16-9-22(24,25)10-16)2-7-18(12)28-11-17(20(27)31)19(26)29-15-5-3-14(23)4-6-15/h3-6,11-13,16,18,28H,2,7-10H2,1H3,(H2,26,29)(H2,27,31)(H,30,32)/b17-11+/t12-,13-,18-/m0/s1. The third-order valence-corrected chi connectivity index (χ3v) is 6.29. The molecule has 2 fully saturated rings. The highest BCUT2D eigenvalue weighted by Gasteiger charge is 2.46. The van der Waals surface area contributed by atoms with E-state index in [2.05, 4.69) is 15.6 Å². The second kappa shape index (κ2) is 9.85. The Balaban J connectivity index is 1.57. The van der Waals surface area contributed by atoms with Crippen LogP contribution in [-0.2, 0) is 9.59 Å². The van der Waals surface area contributed by atoms with E-state index in [0.717, 1.165) is 0 Å². The van der Waals surface area contributed by atoms with Crippen LogP contribution in [0.15, 0.2) is 41.0 Å². The van der Waals surface area contributed by atoms with Crippen LogP contribution in [-0.4, -0.2) is 35.7 Å². The third kappa shape index (κ3) is 6.18. The summed E-state index contributed by atoms with van der Waals surface area (Å²) < 4.78 is 26.0. The van der Waals surface area contributed by atoms with Gasteiger partial charge in [-0.25, -0.2) is 13.8 Å². The zero-order valence-electron chi connectivity index (χ0n) is 17.8. The lowest BCUT2D eigenvalue weighted by Crippen LogP contribution is -2.52. The van der Waals surface area contributed by atoms with Crippen molar-refractivity contribution >= 4 is 34.9 Å². The lowest BCUT2D eigenvalue weighted by atomic mass is 9.78. The molecule has 2 aliphatic carbocycles. The number of nitrogens with zero attached hydrogens (tertiary/aromatic N) is 1. The molecule has 2 saturated carbocycles. The number of rotatable bonds is 7. The Bertz CT molecular complexity index is 911. The Kier molecular flexibility index (Phi) is 7.38. The largest absolute Gasteiger partial charge is 0.387 e. The van der Waals surface area contributed by atoms with E-state index >= 15 is 0 Å².